The molecule has 2 aromatic rings. The van der Waals surface area contributed by atoms with Gasteiger partial charge in [0, 0.05) is 24.7 Å². The summed E-state index contributed by atoms with van der Waals surface area (Å²) in [6, 6.07) is 7.96. The lowest BCUT2D eigenvalue weighted by atomic mass is 10.2. The molecule has 0 spiro atoms. The van der Waals surface area contributed by atoms with Gasteiger partial charge in [-0.3, -0.25) is 0 Å². The highest BCUT2D eigenvalue weighted by Gasteiger charge is 2.11. The summed E-state index contributed by atoms with van der Waals surface area (Å²) in [4.78, 5) is 4.61. The number of thiophene rings is 1. The number of nitrogens with zero attached hydrogens (tertiary/aromatic N) is 1. The number of fused-ring (bicyclic) bond motifs is 1. The molecule has 2 N–H and O–H groups in total. The Kier molecular flexibility index (Phi) is 5.37. The number of hydrogen-bond acceptors (Lipinski definition) is 4. The van der Waals surface area contributed by atoms with Crippen molar-refractivity contribution in [2.45, 2.75) is 19.9 Å². The lowest BCUT2D eigenvalue weighted by Crippen LogP contribution is -2.30. The topological polar surface area (TPSA) is 54.9 Å². The first-order valence-electron chi connectivity index (χ1n) is 7.81. The van der Waals surface area contributed by atoms with E-state index < -0.39 is 0 Å². The Balaban J connectivity index is 1.72. The fourth-order valence-corrected chi connectivity index (χ4v) is 2.90. The number of rotatable bonds is 4. The zero-order valence-electron chi connectivity index (χ0n) is 13.2. The van der Waals surface area contributed by atoms with Crippen LogP contribution in [0.1, 0.15) is 18.9 Å². The molecule has 1 aromatic carbocycles. The molecule has 0 bridgehead atoms. The highest BCUT2D eigenvalue weighted by Crippen LogP contribution is 2.32. The lowest BCUT2D eigenvalue weighted by Gasteiger charge is -2.13. The molecule has 0 atom stereocenters. The second kappa shape index (κ2) is 7.87. The van der Waals surface area contributed by atoms with Crippen molar-refractivity contribution < 1.29 is 9.47 Å². The first kappa shape index (κ1) is 15.7. The standard InChI is InChI=1S/C17H21N3O2S/c1-2-18-17(19-11-13-6-9-23-12-13)20-14-4-5-15-16(10-14)22-8-3-7-21-15/h4-6,9-10,12H,2-3,7-8,11H2,1H3,(H2,18,19,20). The van der Waals surface area contributed by atoms with Crippen LogP contribution < -0.4 is 20.1 Å². The quantitative estimate of drug-likeness (QED) is 0.665. The second-order valence-corrected chi connectivity index (χ2v) is 5.94. The van der Waals surface area contributed by atoms with Crippen LogP contribution in [0.3, 0.4) is 0 Å². The molecule has 23 heavy (non-hydrogen) atoms. The van der Waals surface area contributed by atoms with Gasteiger partial charge >= 0.3 is 0 Å². The summed E-state index contributed by atoms with van der Waals surface area (Å²) >= 11 is 1.69. The minimum atomic E-state index is 0.656. The molecule has 5 nitrogen and oxygen atoms in total. The molecule has 0 fully saturated rings. The first-order valence-corrected chi connectivity index (χ1v) is 8.75. The summed E-state index contributed by atoms with van der Waals surface area (Å²) in [5.74, 6) is 2.34. The molecule has 0 unspecified atom stereocenters. The summed E-state index contributed by atoms with van der Waals surface area (Å²) in [6.45, 7) is 4.90. The highest BCUT2D eigenvalue weighted by atomic mass is 32.1. The van der Waals surface area contributed by atoms with E-state index in [1.807, 2.05) is 18.2 Å². The second-order valence-electron chi connectivity index (χ2n) is 5.16. The number of aliphatic imine (C=N–C) groups is 1. The van der Waals surface area contributed by atoms with Gasteiger partial charge in [-0.1, -0.05) is 0 Å². The molecule has 0 radical (unpaired) electrons. The molecule has 2 heterocycles. The van der Waals surface area contributed by atoms with Crippen LogP contribution in [0.4, 0.5) is 5.69 Å². The zero-order valence-corrected chi connectivity index (χ0v) is 14.0. The average molecular weight is 331 g/mol. The normalized spacial score (nSPS) is 14.2. The molecule has 0 aliphatic carbocycles. The third-order valence-electron chi connectivity index (χ3n) is 3.35. The van der Waals surface area contributed by atoms with E-state index in [-0.39, 0.29) is 0 Å². The van der Waals surface area contributed by atoms with Crippen molar-refractivity contribution in [3.63, 3.8) is 0 Å². The number of hydrogen-bond donors (Lipinski definition) is 2. The van der Waals surface area contributed by atoms with Crippen LogP contribution in [-0.2, 0) is 6.54 Å². The SMILES string of the molecule is CCNC(=NCc1ccsc1)Nc1ccc2c(c1)OCCCO2. The van der Waals surface area contributed by atoms with Gasteiger partial charge in [-0.25, -0.2) is 4.99 Å². The minimum absolute atomic E-state index is 0.656. The minimum Gasteiger partial charge on any atom is -0.490 e. The summed E-state index contributed by atoms with van der Waals surface area (Å²) in [5.41, 5.74) is 2.14. The maximum atomic E-state index is 5.73. The molecule has 1 aromatic heterocycles. The Hall–Kier alpha value is -2.21. The number of guanidine groups is 1. The van der Waals surface area contributed by atoms with Crippen LogP contribution in [0.25, 0.3) is 0 Å². The van der Waals surface area contributed by atoms with Crippen LogP contribution in [0.5, 0.6) is 11.5 Å². The third-order valence-corrected chi connectivity index (χ3v) is 4.09. The van der Waals surface area contributed by atoms with Gasteiger partial charge in [-0.2, -0.15) is 11.3 Å². The molecule has 122 valence electrons. The van der Waals surface area contributed by atoms with Crippen molar-refractivity contribution in [2.75, 3.05) is 25.1 Å². The van der Waals surface area contributed by atoms with E-state index in [1.54, 1.807) is 11.3 Å². The van der Waals surface area contributed by atoms with Crippen LogP contribution in [0.15, 0.2) is 40.0 Å². The maximum Gasteiger partial charge on any atom is 0.196 e. The maximum absolute atomic E-state index is 5.73. The Morgan fingerprint density at radius 1 is 1.22 bits per heavy atom. The van der Waals surface area contributed by atoms with Crippen molar-refractivity contribution in [1.29, 1.82) is 0 Å². The zero-order chi connectivity index (χ0) is 15.9. The van der Waals surface area contributed by atoms with Gasteiger partial charge in [0.1, 0.15) is 0 Å². The van der Waals surface area contributed by atoms with E-state index in [4.69, 9.17) is 9.47 Å². The average Bonchev–Trinajstić information content (AvgIpc) is 2.97. The van der Waals surface area contributed by atoms with Crippen molar-refractivity contribution in [1.82, 2.24) is 5.32 Å². The lowest BCUT2D eigenvalue weighted by molar-refractivity contribution is 0.297. The molecular formula is C17H21N3O2S. The molecular weight excluding hydrogens is 310 g/mol. The van der Waals surface area contributed by atoms with Gasteiger partial charge in [-0.05, 0) is 41.4 Å². The Morgan fingerprint density at radius 3 is 2.87 bits per heavy atom. The predicted molar refractivity (Wildman–Crippen MR) is 94.8 cm³/mol. The smallest absolute Gasteiger partial charge is 0.196 e. The Morgan fingerprint density at radius 2 is 2.09 bits per heavy atom. The monoisotopic (exact) mass is 331 g/mol. The van der Waals surface area contributed by atoms with Crippen LogP contribution in [-0.4, -0.2) is 25.7 Å². The predicted octanol–water partition coefficient (Wildman–Crippen LogP) is 3.49. The fraction of sp³-hybridized carbons (Fsp3) is 0.353. The largest absolute Gasteiger partial charge is 0.490 e. The summed E-state index contributed by atoms with van der Waals surface area (Å²) < 4.78 is 11.4. The van der Waals surface area contributed by atoms with E-state index in [1.165, 1.54) is 5.56 Å². The summed E-state index contributed by atoms with van der Waals surface area (Å²) in [6.07, 6.45) is 0.905. The van der Waals surface area contributed by atoms with E-state index in [2.05, 4.69) is 39.4 Å². The van der Waals surface area contributed by atoms with Gasteiger partial charge in [0.2, 0.25) is 0 Å². The molecule has 3 rings (SSSR count). The molecule has 1 aliphatic rings. The fourth-order valence-electron chi connectivity index (χ4n) is 2.24. The van der Waals surface area contributed by atoms with Crippen molar-refractivity contribution in [2.24, 2.45) is 4.99 Å². The van der Waals surface area contributed by atoms with E-state index in [0.717, 1.165) is 36.1 Å². The van der Waals surface area contributed by atoms with E-state index in [9.17, 15) is 0 Å². The molecule has 1 aliphatic heterocycles. The van der Waals surface area contributed by atoms with Crippen LogP contribution >= 0.6 is 11.3 Å². The first-order chi connectivity index (χ1) is 11.3. The summed E-state index contributed by atoms with van der Waals surface area (Å²) in [5, 5.41) is 10.8. The molecule has 0 saturated heterocycles. The van der Waals surface area contributed by atoms with Crippen LogP contribution in [0, 0.1) is 0 Å². The van der Waals surface area contributed by atoms with Gasteiger partial charge in [0.05, 0.1) is 19.8 Å². The number of ether oxygens (including phenoxy) is 2. The molecule has 6 heteroatoms. The van der Waals surface area contributed by atoms with Gasteiger partial charge in [-0.15, -0.1) is 0 Å². The number of benzene rings is 1. The van der Waals surface area contributed by atoms with Crippen molar-refractivity contribution in [3.05, 3.63) is 40.6 Å². The third kappa shape index (κ3) is 4.39. The highest BCUT2D eigenvalue weighted by molar-refractivity contribution is 7.07. The van der Waals surface area contributed by atoms with Crippen LogP contribution in [0.2, 0.25) is 0 Å². The van der Waals surface area contributed by atoms with E-state index in [0.29, 0.717) is 19.8 Å². The summed E-state index contributed by atoms with van der Waals surface area (Å²) in [7, 11) is 0. The van der Waals surface area contributed by atoms with Crippen molar-refractivity contribution >= 4 is 23.0 Å². The van der Waals surface area contributed by atoms with Gasteiger partial charge in [0.15, 0.2) is 17.5 Å². The molecule has 0 saturated carbocycles. The number of nitrogens with one attached hydrogen (secondary N) is 2. The Bertz CT molecular complexity index is 656. The van der Waals surface area contributed by atoms with Crippen molar-refractivity contribution in [3.8, 4) is 11.5 Å². The van der Waals surface area contributed by atoms with E-state index >= 15 is 0 Å². The van der Waals surface area contributed by atoms with Gasteiger partial charge < -0.3 is 20.1 Å². The number of anilines is 1. The molecule has 0 amide bonds. The Labute approximate surface area is 140 Å². The van der Waals surface area contributed by atoms with Gasteiger partial charge in [0.25, 0.3) is 0 Å².